The molecule has 1 heterocycles. The van der Waals surface area contributed by atoms with Gasteiger partial charge < -0.3 is 0 Å². The normalized spacial score (nSPS) is 13.9. The molecule has 0 aromatic heterocycles. The quantitative estimate of drug-likeness (QED) is 0.157. The van der Waals surface area contributed by atoms with Crippen LogP contribution in [0.25, 0.3) is 0 Å². The predicted octanol–water partition coefficient (Wildman–Crippen LogP) is 7.75. The van der Waals surface area contributed by atoms with E-state index in [1.165, 1.54) is 48.4 Å². The summed E-state index contributed by atoms with van der Waals surface area (Å²) in [5, 5.41) is 0. The van der Waals surface area contributed by atoms with E-state index < -0.39 is 29.3 Å². The molecule has 0 unspecified atom stereocenters. The Hall–Kier alpha value is -3.76. The molecular weight excluding hydrogens is 730 g/mol. The van der Waals surface area contributed by atoms with Crippen LogP contribution in [0.1, 0.15) is 77.6 Å². The first-order valence-corrected chi connectivity index (χ1v) is 23.3. The van der Waals surface area contributed by atoms with E-state index in [1.54, 1.807) is 0 Å². The van der Waals surface area contributed by atoms with Gasteiger partial charge in [-0.3, -0.25) is 0 Å². The summed E-state index contributed by atoms with van der Waals surface area (Å²) in [5.74, 6) is 2.14. The first kappa shape index (κ1) is 34.7. The van der Waals surface area contributed by atoms with Crippen molar-refractivity contribution in [1.29, 1.82) is 0 Å². The van der Waals surface area contributed by atoms with Gasteiger partial charge in [0, 0.05) is 0 Å². The molecular formula is C47H48As2O. The Labute approximate surface area is 309 Å². The van der Waals surface area contributed by atoms with Crippen LogP contribution in [0.3, 0.4) is 0 Å². The molecule has 0 radical (unpaired) electrons. The van der Waals surface area contributed by atoms with Crippen LogP contribution >= 0.6 is 0 Å². The van der Waals surface area contributed by atoms with Gasteiger partial charge in [0.1, 0.15) is 0 Å². The zero-order valence-electron chi connectivity index (χ0n) is 30.7. The standard InChI is InChI=1S/C47H48As2O/c1-45(2,3)33-29-39-43(41(31-33)48(35-21-13-9-14-22-35)36-23-15-10-16-24-36)50-44-40(47(39,7)8)30-34(46(4,5)6)32-42(44)49(37-25-17-11-18-26-37)38-27-19-12-20-28-38/h9-32H,1-8H3. The van der Waals surface area contributed by atoms with E-state index in [9.17, 15) is 0 Å². The van der Waals surface area contributed by atoms with Gasteiger partial charge in [0.25, 0.3) is 0 Å². The number of ether oxygens (including phenoxy) is 1. The van der Waals surface area contributed by atoms with Crippen LogP contribution in [-0.4, -0.2) is 29.3 Å². The van der Waals surface area contributed by atoms with Gasteiger partial charge in [-0.1, -0.05) is 0 Å². The molecule has 0 atom stereocenters. The first-order valence-electron chi connectivity index (χ1n) is 17.7. The van der Waals surface area contributed by atoms with E-state index in [4.69, 9.17) is 4.74 Å². The summed E-state index contributed by atoms with van der Waals surface area (Å²) < 4.78 is 16.0. The number of hydrogen-bond acceptors (Lipinski definition) is 1. The summed E-state index contributed by atoms with van der Waals surface area (Å²) in [7, 11) is 0. The number of fused-ring (bicyclic) bond motifs is 2. The van der Waals surface area contributed by atoms with Gasteiger partial charge in [0.15, 0.2) is 0 Å². The maximum absolute atomic E-state index is 7.63. The third-order valence-electron chi connectivity index (χ3n) is 9.96. The maximum atomic E-state index is 7.63. The average molecular weight is 779 g/mol. The van der Waals surface area contributed by atoms with Crippen LogP contribution in [0.4, 0.5) is 0 Å². The molecule has 0 fully saturated rings. The fraction of sp³-hybridized carbons (Fsp3) is 0.234. The van der Waals surface area contributed by atoms with E-state index in [2.05, 4.69) is 201 Å². The summed E-state index contributed by atoms with van der Waals surface area (Å²) in [4.78, 5) is 0. The predicted molar refractivity (Wildman–Crippen MR) is 218 cm³/mol. The Kier molecular flexibility index (Phi) is 9.30. The van der Waals surface area contributed by atoms with Crippen LogP contribution in [0, 0.1) is 0 Å². The molecule has 0 N–H and O–H groups in total. The molecule has 0 saturated carbocycles. The number of rotatable bonds is 6. The molecule has 0 spiro atoms. The van der Waals surface area contributed by atoms with Crippen molar-refractivity contribution in [3.8, 4) is 11.5 Å². The second-order valence-corrected chi connectivity index (χ2v) is 25.2. The van der Waals surface area contributed by atoms with Crippen molar-refractivity contribution in [3.63, 3.8) is 0 Å². The number of hydrogen-bond donors (Lipinski definition) is 0. The molecule has 252 valence electrons. The van der Waals surface area contributed by atoms with Crippen molar-refractivity contribution in [1.82, 2.24) is 0 Å². The monoisotopic (exact) mass is 778 g/mol. The second-order valence-electron chi connectivity index (χ2n) is 16.0. The van der Waals surface area contributed by atoms with Gasteiger partial charge in [0.05, 0.1) is 0 Å². The molecule has 0 amide bonds. The van der Waals surface area contributed by atoms with E-state index in [0.29, 0.717) is 0 Å². The Morgan fingerprint density at radius 1 is 0.420 bits per heavy atom. The third kappa shape index (κ3) is 6.56. The molecule has 0 saturated heterocycles. The Morgan fingerprint density at radius 2 is 0.700 bits per heavy atom. The Bertz CT molecular complexity index is 1880. The van der Waals surface area contributed by atoms with E-state index in [-0.39, 0.29) is 16.2 Å². The molecule has 1 aliphatic rings. The van der Waals surface area contributed by atoms with Crippen LogP contribution in [-0.2, 0) is 16.2 Å². The minimum absolute atomic E-state index is 0.0228. The van der Waals surface area contributed by atoms with Crippen molar-refractivity contribution in [3.05, 3.63) is 168 Å². The van der Waals surface area contributed by atoms with E-state index >= 15 is 0 Å². The Balaban J connectivity index is 1.57. The fourth-order valence-electron chi connectivity index (χ4n) is 6.98. The molecule has 1 aliphatic heterocycles. The van der Waals surface area contributed by atoms with Crippen molar-refractivity contribution >= 4 is 55.4 Å². The topological polar surface area (TPSA) is 9.23 Å². The van der Waals surface area contributed by atoms with Gasteiger partial charge in [-0.2, -0.15) is 0 Å². The molecule has 50 heavy (non-hydrogen) atoms. The molecule has 6 aromatic rings. The van der Waals surface area contributed by atoms with Gasteiger partial charge in [-0.15, -0.1) is 0 Å². The van der Waals surface area contributed by atoms with E-state index in [0.717, 1.165) is 11.5 Å². The van der Waals surface area contributed by atoms with Gasteiger partial charge in [-0.05, 0) is 0 Å². The van der Waals surface area contributed by atoms with Gasteiger partial charge >= 0.3 is 311 Å². The van der Waals surface area contributed by atoms with Crippen molar-refractivity contribution in [2.24, 2.45) is 0 Å². The second kappa shape index (κ2) is 13.4. The fourth-order valence-corrected chi connectivity index (χ4v) is 17.2. The average Bonchev–Trinajstić information content (AvgIpc) is 3.10. The summed E-state index contributed by atoms with van der Waals surface area (Å²) in [5.41, 5.74) is 5.01. The van der Waals surface area contributed by atoms with Crippen LogP contribution in [0.2, 0.25) is 0 Å². The van der Waals surface area contributed by atoms with E-state index in [1.807, 2.05) is 0 Å². The molecule has 3 heteroatoms. The molecule has 0 aliphatic carbocycles. The van der Waals surface area contributed by atoms with Crippen molar-refractivity contribution in [2.45, 2.75) is 71.6 Å². The zero-order chi connectivity index (χ0) is 35.3. The Morgan fingerprint density at radius 3 is 0.960 bits per heavy atom. The molecule has 7 rings (SSSR count). The van der Waals surface area contributed by atoms with Crippen LogP contribution < -0.4 is 30.8 Å². The molecule has 6 aromatic carbocycles. The third-order valence-corrected chi connectivity index (χ3v) is 20.2. The number of benzene rings is 6. The van der Waals surface area contributed by atoms with Gasteiger partial charge in [-0.25, -0.2) is 0 Å². The SMILES string of the molecule is CC(C)(C)c1cc([As](c2ccccc2)c2ccccc2)c2c(c1)C(C)(C)c1cc(C(C)(C)C)cc([As](c3ccccc3)c3ccccc3)c1O2. The summed E-state index contributed by atoms with van der Waals surface area (Å²) >= 11 is -4.11. The minimum atomic E-state index is -2.05. The van der Waals surface area contributed by atoms with Crippen molar-refractivity contribution in [2.75, 3.05) is 0 Å². The summed E-state index contributed by atoms with van der Waals surface area (Å²) in [6.07, 6.45) is 0. The van der Waals surface area contributed by atoms with Crippen LogP contribution in [0.5, 0.6) is 11.5 Å². The summed E-state index contributed by atoms with van der Waals surface area (Å²) in [6, 6.07) is 54.7. The molecule has 0 bridgehead atoms. The van der Waals surface area contributed by atoms with Crippen molar-refractivity contribution < 1.29 is 4.74 Å². The van der Waals surface area contributed by atoms with Crippen LogP contribution in [0.15, 0.2) is 146 Å². The zero-order valence-corrected chi connectivity index (χ0v) is 34.4. The first-order chi connectivity index (χ1) is 23.8. The summed E-state index contributed by atoms with van der Waals surface area (Å²) in [6.45, 7) is 18.9. The van der Waals surface area contributed by atoms with Gasteiger partial charge in [0.2, 0.25) is 0 Å². The molecule has 1 nitrogen and oxygen atoms in total.